The van der Waals surface area contributed by atoms with Gasteiger partial charge in [0.2, 0.25) is 0 Å². The average Bonchev–Trinajstić information content (AvgIpc) is 1.59. The van der Waals surface area contributed by atoms with Crippen LogP contribution in [0.5, 0.6) is 0 Å². The van der Waals surface area contributed by atoms with Gasteiger partial charge in [-0.1, -0.05) is 13.1 Å². The molecule has 8 heavy (non-hydrogen) atoms. The van der Waals surface area contributed by atoms with Gasteiger partial charge in [0.05, 0.1) is 0 Å². The predicted molar refractivity (Wildman–Crippen MR) is 41.6 cm³/mol. The van der Waals surface area contributed by atoms with Crippen LogP contribution < -0.4 is 0 Å². The van der Waals surface area contributed by atoms with Crippen molar-refractivity contribution in [2.24, 2.45) is 0 Å². The quantitative estimate of drug-likeness (QED) is 0.303. The molecule has 0 aromatic carbocycles. The van der Waals surface area contributed by atoms with Crippen molar-refractivity contribution in [3.8, 4) is 11.8 Å². The molecule has 0 aliphatic rings. The Kier molecular flexibility index (Phi) is 3.19. The molecule has 0 bridgehead atoms. The number of rotatable bonds is 1. The largest absolute Gasteiger partial charge is 0.167 e. The summed E-state index contributed by atoms with van der Waals surface area (Å²) in [4.78, 5) is 0. The summed E-state index contributed by atoms with van der Waals surface area (Å²) in [7, 11) is -1.38. The summed E-state index contributed by atoms with van der Waals surface area (Å²) in [5, 5.41) is 0. The van der Waals surface area contributed by atoms with E-state index >= 15 is 0 Å². The van der Waals surface area contributed by atoms with Crippen LogP contribution in [0.2, 0.25) is 19.1 Å². The van der Waals surface area contributed by atoms with Crippen LogP contribution in [0.3, 0.4) is 0 Å². The molecule has 0 aliphatic carbocycles. The molecule has 0 aliphatic heterocycles. The van der Waals surface area contributed by atoms with E-state index in [1.165, 1.54) is 0 Å². The van der Waals surface area contributed by atoms with E-state index < -0.39 is 7.38 Å². The van der Waals surface area contributed by atoms with Gasteiger partial charge in [0.15, 0.2) is 7.38 Å². The minimum absolute atomic E-state index is 0.908. The standard InChI is InChI=1S/C6H11ClSi/c1-4-5-6-8(2,3)7/h6H2,1-3H3. The molecular weight excluding hydrogens is 136 g/mol. The second-order valence-electron chi connectivity index (χ2n) is 2.32. The zero-order valence-corrected chi connectivity index (χ0v) is 7.34. The summed E-state index contributed by atoms with van der Waals surface area (Å²) in [5.41, 5.74) is 0. The highest BCUT2D eigenvalue weighted by Gasteiger charge is 2.13. The highest BCUT2D eigenvalue weighted by atomic mass is 35.6. The predicted octanol–water partition coefficient (Wildman–Crippen LogP) is 2.45. The molecule has 0 heterocycles. The van der Waals surface area contributed by atoms with Crippen molar-refractivity contribution in [2.45, 2.75) is 26.1 Å². The SMILES string of the molecule is CC#CC[Si](C)(C)Cl. The van der Waals surface area contributed by atoms with Crippen molar-refractivity contribution < 1.29 is 0 Å². The van der Waals surface area contributed by atoms with E-state index in [1.807, 2.05) is 6.92 Å². The molecule has 0 saturated carbocycles. The zero-order valence-electron chi connectivity index (χ0n) is 5.59. The molecular formula is C6H11ClSi. The molecule has 0 unspecified atom stereocenters. The van der Waals surface area contributed by atoms with Crippen LogP contribution in [0.15, 0.2) is 0 Å². The fourth-order valence-electron chi connectivity index (χ4n) is 0.299. The highest BCUT2D eigenvalue weighted by molar-refractivity contribution is 7.19. The zero-order chi connectivity index (χ0) is 6.62. The lowest BCUT2D eigenvalue weighted by molar-refractivity contribution is 1.66. The Bertz CT molecular complexity index is 113. The molecule has 2 heteroatoms. The van der Waals surface area contributed by atoms with E-state index in [0.29, 0.717) is 0 Å². The molecule has 0 rings (SSSR count). The van der Waals surface area contributed by atoms with Gasteiger partial charge in [0.25, 0.3) is 0 Å². The fraction of sp³-hybridized carbons (Fsp3) is 0.667. The van der Waals surface area contributed by atoms with Gasteiger partial charge < -0.3 is 0 Å². The topological polar surface area (TPSA) is 0 Å². The van der Waals surface area contributed by atoms with Crippen LogP contribution in [-0.2, 0) is 0 Å². The minimum atomic E-state index is -1.38. The molecule has 0 saturated heterocycles. The van der Waals surface area contributed by atoms with Gasteiger partial charge in [-0.05, 0) is 6.92 Å². The second-order valence-corrected chi connectivity index (χ2v) is 9.18. The third-order valence-corrected chi connectivity index (χ3v) is 2.10. The van der Waals surface area contributed by atoms with E-state index in [9.17, 15) is 0 Å². The third kappa shape index (κ3) is 6.07. The van der Waals surface area contributed by atoms with Crippen molar-refractivity contribution in [3.05, 3.63) is 0 Å². The Morgan fingerprint density at radius 2 is 2.00 bits per heavy atom. The molecule has 0 radical (unpaired) electrons. The van der Waals surface area contributed by atoms with Crippen LogP contribution >= 0.6 is 11.1 Å². The maximum Gasteiger partial charge on any atom is 0.162 e. The molecule has 0 fully saturated rings. The highest BCUT2D eigenvalue weighted by Crippen LogP contribution is 2.11. The van der Waals surface area contributed by atoms with Crippen LogP contribution in [-0.4, -0.2) is 7.38 Å². The smallest absolute Gasteiger partial charge is 0.162 e. The van der Waals surface area contributed by atoms with E-state index in [2.05, 4.69) is 24.9 Å². The Morgan fingerprint density at radius 3 is 2.12 bits per heavy atom. The first kappa shape index (κ1) is 8.07. The first-order chi connectivity index (χ1) is 3.56. The average molecular weight is 147 g/mol. The van der Waals surface area contributed by atoms with E-state index in [1.54, 1.807) is 0 Å². The van der Waals surface area contributed by atoms with Crippen LogP contribution in [0.4, 0.5) is 0 Å². The van der Waals surface area contributed by atoms with Gasteiger partial charge in [-0.15, -0.1) is 11.8 Å². The van der Waals surface area contributed by atoms with Gasteiger partial charge in [-0.3, -0.25) is 0 Å². The van der Waals surface area contributed by atoms with Crippen molar-refractivity contribution in [1.82, 2.24) is 0 Å². The number of hydrogen-bond donors (Lipinski definition) is 0. The number of hydrogen-bond acceptors (Lipinski definition) is 0. The summed E-state index contributed by atoms with van der Waals surface area (Å²) >= 11 is 5.95. The number of halogens is 1. The lowest BCUT2D eigenvalue weighted by Gasteiger charge is -2.05. The van der Waals surface area contributed by atoms with Crippen molar-refractivity contribution in [3.63, 3.8) is 0 Å². The first-order valence-electron chi connectivity index (χ1n) is 2.65. The molecule has 0 aromatic heterocycles. The van der Waals surface area contributed by atoms with Crippen LogP contribution in [0.1, 0.15) is 6.92 Å². The first-order valence-corrected chi connectivity index (χ1v) is 6.87. The lowest BCUT2D eigenvalue weighted by atomic mass is 10.7. The monoisotopic (exact) mass is 146 g/mol. The molecule has 0 N–H and O–H groups in total. The molecule has 0 atom stereocenters. The van der Waals surface area contributed by atoms with E-state index in [-0.39, 0.29) is 0 Å². The van der Waals surface area contributed by atoms with Gasteiger partial charge in [0, 0.05) is 6.04 Å². The van der Waals surface area contributed by atoms with Gasteiger partial charge in [0.1, 0.15) is 0 Å². The lowest BCUT2D eigenvalue weighted by Crippen LogP contribution is -2.13. The van der Waals surface area contributed by atoms with Gasteiger partial charge in [-0.25, -0.2) is 0 Å². The molecule has 46 valence electrons. The summed E-state index contributed by atoms with van der Waals surface area (Å²) in [6.07, 6.45) is 0. The molecule has 0 aromatic rings. The maximum atomic E-state index is 5.95. The fourth-order valence-corrected chi connectivity index (χ4v) is 1.10. The Labute approximate surface area is 57.0 Å². The minimum Gasteiger partial charge on any atom is -0.167 e. The Balaban J connectivity index is 3.50. The van der Waals surface area contributed by atoms with Crippen molar-refractivity contribution >= 4 is 18.5 Å². The van der Waals surface area contributed by atoms with Crippen molar-refractivity contribution in [1.29, 1.82) is 0 Å². The Morgan fingerprint density at radius 1 is 1.50 bits per heavy atom. The van der Waals surface area contributed by atoms with Crippen molar-refractivity contribution in [2.75, 3.05) is 0 Å². The molecule has 0 amide bonds. The van der Waals surface area contributed by atoms with E-state index in [4.69, 9.17) is 11.1 Å². The summed E-state index contributed by atoms with van der Waals surface area (Å²) < 4.78 is 0. The molecule has 0 nitrogen and oxygen atoms in total. The maximum absolute atomic E-state index is 5.95. The van der Waals surface area contributed by atoms with Crippen LogP contribution in [0.25, 0.3) is 0 Å². The third-order valence-electron chi connectivity index (χ3n) is 0.686. The second kappa shape index (κ2) is 3.16. The summed E-state index contributed by atoms with van der Waals surface area (Å²) in [6, 6.07) is 0.908. The summed E-state index contributed by atoms with van der Waals surface area (Å²) in [5.74, 6) is 5.79. The van der Waals surface area contributed by atoms with Gasteiger partial charge in [-0.2, -0.15) is 11.1 Å². The van der Waals surface area contributed by atoms with Crippen LogP contribution in [0, 0.1) is 11.8 Å². The van der Waals surface area contributed by atoms with E-state index in [0.717, 1.165) is 6.04 Å². The van der Waals surface area contributed by atoms with Gasteiger partial charge >= 0.3 is 0 Å². The molecule has 0 spiro atoms. The Hall–Kier alpha value is 0.0669. The normalized spacial score (nSPS) is 10.0. The summed E-state index contributed by atoms with van der Waals surface area (Å²) in [6.45, 7) is 6.04.